The maximum Gasteiger partial charge on any atom is 0.161 e. The number of hydrogen-bond donors (Lipinski definition) is 1. The molecule has 1 fully saturated rings. The molecule has 1 aromatic heterocycles. The van der Waals surface area contributed by atoms with Crippen LogP contribution in [0, 0.1) is 3.57 Å². The van der Waals surface area contributed by atoms with Crippen molar-refractivity contribution in [2.24, 2.45) is 0 Å². The van der Waals surface area contributed by atoms with Gasteiger partial charge in [-0.1, -0.05) is 12.1 Å². The Hall–Kier alpha value is -1.29. The third kappa shape index (κ3) is 5.10. The average Bonchev–Trinajstić information content (AvgIpc) is 2.63. The molecule has 2 heterocycles. The van der Waals surface area contributed by atoms with Crippen LogP contribution in [0.1, 0.15) is 5.69 Å². The summed E-state index contributed by atoms with van der Waals surface area (Å²) in [7, 11) is 1.98. The molecule has 134 valence electrons. The van der Waals surface area contributed by atoms with Crippen LogP contribution < -0.4 is 4.90 Å². The molecule has 7 heteroatoms. The normalized spacial score (nSPS) is 15.0. The number of rotatable bonds is 6. The third-order valence-electron chi connectivity index (χ3n) is 4.12. The Kier molecular flexibility index (Phi) is 6.57. The lowest BCUT2D eigenvalue weighted by atomic mass is 10.2. The molecule has 0 bridgehead atoms. The number of halogens is 1. The van der Waals surface area contributed by atoms with E-state index >= 15 is 0 Å². The lowest BCUT2D eigenvalue weighted by Gasteiger charge is -2.28. The molecule has 1 aliphatic heterocycles. The summed E-state index contributed by atoms with van der Waals surface area (Å²) in [6.45, 7) is 4.57. The van der Waals surface area contributed by atoms with Gasteiger partial charge in [0, 0.05) is 41.4 Å². The Morgan fingerprint density at radius 1 is 1.20 bits per heavy atom. The topological polar surface area (TPSA) is 61.7 Å². The van der Waals surface area contributed by atoms with Crippen LogP contribution in [0.3, 0.4) is 0 Å². The van der Waals surface area contributed by atoms with Gasteiger partial charge in [-0.2, -0.15) is 0 Å². The number of aliphatic hydroxyl groups excluding tert-OH is 1. The van der Waals surface area contributed by atoms with Gasteiger partial charge in [-0.05, 0) is 41.8 Å². The molecular weight excluding hydrogens is 431 g/mol. The molecule has 0 saturated carbocycles. The SMILES string of the molecule is CN(CCO)Cc1cc(N2CCOCC2)nc(-c2ccc(I)cc2)n1. The van der Waals surface area contributed by atoms with Gasteiger partial charge in [0.05, 0.1) is 25.5 Å². The van der Waals surface area contributed by atoms with Crippen LogP contribution in [0.2, 0.25) is 0 Å². The smallest absolute Gasteiger partial charge is 0.161 e. The van der Waals surface area contributed by atoms with E-state index in [1.54, 1.807) is 0 Å². The number of hydrogen-bond acceptors (Lipinski definition) is 6. The van der Waals surface area contributed by atoms with Crippen LogP contribution in [0.15, 0.2) is 30.3 Å². The van der Waals surface area contributed by atoms with Gasteiger partial charge >= 0.3 is 0 Å². The van der Waals surface area contributed by atoms with E-state index in [1.807, 2.05) is 7.05 Å². The Bertz CT molecular complexity index is 690. The molecule has 25 heavy (non-hydrogen) atoms. The molecule has 0 spiro atoms. The van der Waals surface area contributed by atoms with E-state index in [0.29, 0.717) is 13.1 Å². The summed E-state index contributed by atoms with van der Waals surface area (Å²) < 4.78 is 6.64. The molecule has 1 aliphatic rings. The maximum atomic E-state index is 9.13. The molecule has 6 nitrogen and oxygen atoms in total. The first-order valence-corrected chi connectivity index (χ1v) is 9.49. The molecule has 1 N–H and O–H groups in total. The molecule has 0 amide bonds. The van der Waals surface area contributed by atoms with Gasteiger partial charge in [-0.25, -0.2) is 9.97 Å². The zero-order valence-corrected chi connectivity index (χ0v) is 16.5. The summed E-state index contributed by atoms with van der Waals surface area (Å²) in [6, 6.07) is 10.3. The summed E-state index contributed by atoms with van der Waals surface area (Å²) >= 11 is 2.30. The van der Waals surface area contributed by atoms with Crippen molar-refractivity contribution < 1.29 is 9.84 Å². The summed E-state index contributed by atoms with van der Waals surface area (Å²) in [5.74, 6) is 1.69. The van der Waals surface area contributed by atoms with E-state index in [9.17, 15) is 0 Å². The molecule has 0 aliphatic carbocycles. The van der Waals surface area contributed by atoms with Gasteiger partial charge in [0.2, 0.25) is 0 Å². The Morgan fingerprint density at radius 2 is 1.92 bits per heavy atom. The van der Waals surface area contributed by atoms with E-state index in [-0.39, 0.29) is 6.61 Å². The van der Waals surface area contributed by atoms with Crippen molar-refractivity contribution in [1.29, 1.82) is 0 Å². The maximum absolute atomic E-state index is 9.13. The van der Waals surface area contributed by atoms with E-state index < -0.39 is 0 Å². The second-order valence-electron chi connectivity index (χ2n) is 6.11. The third-order valence-corrected chi connectivity index (χ3v) is 4.84. The second-order valence-corrected chi connectivity index (χ2v) is 7.35. The predicted octanol–water partition coefficient (Wildman–Crippen LogP) is 2.01. The van der Waals surface area contributed by atoms with Crippen LogP contribution in [0.5, 0.6) is 0 Å². The summed E-state index contributed by atoms with van der Waals surface area (Å²) in [5, 5.41) is 9.13. The highest BCUT2D eigenvalue weighted by molar-refractivity contribution is 14.1. The van der Waals surface area contributed by atoms with E-state index in [2.05, 4.69) is 62.7 Å². The van der Waals surface area contributed by atoms with Gasteiger partial charge < -0.3 is 14.7 Å². The van der Waals surface area contributed by atoms with Crippen LogP contribution in [-0.4, -0.2) is 66.5 Å². The largest absolute Gasteiger partial charge is 0.395 e. The van der Waals surface area contributed by atoms with Crippen molar-refractivity contribution in [1.82, 2.24) is 14.9 Å². The van der Waals surface area contributed by atoms with Crippen molar-refractivity contribution in [3.63, 3.8) is 0 Å². The number of anilines is 1. The van der Waals surface area contributed by atoms with Crippen molar-refractivity contribution in [2.45, 2.75) is 6.54 Å². The van der Waals surface area contributed by atoms with Crippen molar-refractivity contribution in [3.05, 3.63) is 39.6 Å². The van der Waals surface area contributed by atoms with Crippen LogP contribution >= 0.6 is 22.6 Å². The fraction of sp³-hybridized carbons (Fsp3) is 0.444. The van der Waals surface area contributed by atoms with Crippen LogP contribution in [-0.2, 0) is 11.3 Å². The molecule has 1 saturated heterocycles. The summed E-state index contributed by atoms with van der Waals surface area (Å²) in [5.41, 5.74) is 1.97. The minimum Gasteiger partial charge on any atom is -0.395 e. The van der Waals surface area contributed by atoms with Gasteiger partial charge in [0.15, 0.2) is 5.82 Å². The number of likely N-dealkylation sites (N-methyl/N-ethyl adjacent to an activating group) is 1. The number of morpholine rings is 1. The van der Waals surface area contributed by atoms with Gasteiger partial charge in [0.25, 0.3) is 0 Å². The zero-order valence-electron chi connectivity index (χ0n) is 14.4. The minimum absolute atomic E-state index is 0.141. The van der Waals surface area contributed by atoms with E-state index in [1.165, 1.54) is 3.57 Å². The molecule has 1 aromatic carbocycles. The molecule has 3 rings (SSSR count). The Balaban J connectivity index is 1.93. The lowest BCUT2D eigenvalue weighted by Crippen LogP contribution is -2.37. The van der Waals surface area contributed by atoms with Crippen LogP contribution in [0.4, 0.5) is 5.82 Å². The molecule has 0 unspecified atom stereocenters. The minimum atomic E-state index is 0.141. The first-order chi connectivity index (χ1) is 12.2. The Morgan fingerprint density at radius 3 is 2.60 bits per heavy atom. The van der Waals surface area contributed by atoms with E-state index in [4.69, 9.17) is 19.8 Å². The number of nitrogens with zero attached hydrogens (tertiary/aromatic N) is 4. The standard InChI is InChI=1S/C18H23IN4O2/c1-22(6-9-24)13-16-12-17(23-7-10-25-11-8-23)21-18(20-16)14-2-4-15(19)5-3-14/h2-5,12,24H,6-11,13H2,1H3. The fourth-order valence-corrected chi connectivity index (χ4v) is 3.13. The first-order valence-electron chi connectivity index (χ1n) is 8.41. The van der Waals surface area contributed by atoms with Crippen molar-refractivity contribution >= 4 is 28.4 Å². The van der Waals surface area contributed by atoms with Crippen molar-refractivity contribution in [3.8, 4) is 11.4 Å². The van der Waals surface area contributed by atoms with Crippen LogP contribution in [0.25, 0.3) is 11.4 Å². The quantitative estimate of drug-likeness (QED) is 0.675. The molecule has 0 atom stereocenters. The number of benzene rings is 1. The van der Waals surface area contributed by atoms with Gasteiger partial charge in [-0.15, -0.1) is 0 Å². The van der Waals surface area contributed by atoms with Crippen molar-refractivity contribution in [2.75, 3.05) is 51.4 Å². The highest BCUT2D eigenvalue weighted by Crippen LogP contribution is 2.22. The van der Waals surface area contributed by atoms with Gasteiger partial charge in [-0.3, -0.25) is 4.90 Å². The van der Waals surface area contributed by atoms with Gasteiger partial charge in [0.1, 0.15) is 5.82 Å². The fourth-order valence-electron chi connectivity index (χ4n) is 2.77. The predicted molar refractivity (Wildman–Crippen MR) is 107 cm³/mol. The number of aliphatic hydroxyl groups is 1. The lowest BCUT2D eigenvalue weighted by molar-refractivity contribution is 0.122. The van der Waals surface area contributed by atoms with E-state index in [0.717, 1.165) is 49.2 Å². The molecular formula is C18H23IN4O2. The summed E-state index contributed by atoms with van der Waals surface area (Å²) in [4.78, 5) is 13.9. The Labute approximate surface area is 162 Å². The number of ether oxygens (including phenoxy) is 1. The first kappa shape index (κ1) is 18.5. The highest BCUT2D eigenvalue weighted by Gasteiger charge is 2.16. The average molecular weight is 454 g/mol. The second kappa shape index (κ2) is 8.88. The monoisotopic (exact) mass is 454 g/mol. The molecule has 2 aromatic rings. The number of aromatic nitrogens is 2. The summed E-state index contributed by atoms with van der Waals surface area (Å²) in [6.07, 6.45) is 0. The zero-order chi connectivity index (χ0) is 17.6. The highest BCUT2D eigenvalue weighted by atomic mass is 127. The molecule has 0 radical (unpaired) electrons.